The molecule has 2 amide bonds. The summed E-state index contributed by atoms with van der Waals surface area (Å²) >= 11 is 0. The lowest BCUT2D eigenvalue weighted by Crippen LogP contribution is -2.45. The SMILES string of the molecule is O=C(C=C1CC2(CCC2)Oc2cc(C(F)(F)F)ccc21)Nc1ccc2c(c1)NC(=O)CC2. The van der Waals surface area contributed by atoms with E-state index in [0.717, 1.165) is 37.0 Å². The topological polar surface area (TPSA) is 67.4 Å². The molecular weight excluding hydrogens is 421 g/mol. The number of fused-ring (bicyclic) bond motifs is 2. The van der Waals surface area contributed by atoms with Gasteiger partial charge in [0.05, 0.1) is 5.56 Å². The summed E-state index contributed by atoms with van der Waals surface area (Å²) in [5.41, 5.74) is 2.06. The summed E-state index contributed by atoms with van der Waals surface area (Å²) in [6.45, 7) is 0. The summed E-state index contributed by atoms with van der Waals surface area (Å²) < 4.78 is 45.5. The van der Waals surface area contributed by atoms with Crippen LogP contribution in [0, 0.1) is 0 Å². The molecule has 2 aromatic carbocycles. The van der Waals surface area contributed by atoms with E-state index in [9.17, 15) is 22.8 Å². The van der Waals surface area contributed by atoms with Crippen molar-refractivity contribution in [2.24, 2.45) is 0 Å². The van der Waals surface area contributed by atoms with Gasteiger partial charge in [-0.3, -0.25) is 9.59 Å². The van der Waals surface area contributed by atoms with Gasteiger partial charge in [0.2, 0.25) is 11.8 Å². The lowest BCUT2D eigenvalue weighted by molar-refractivity contribution is -0.138. The zero-order chi connectivity index (χ0) is 22.5. The molecule has 5 nitrogen and oxygen atoms in total. The number of rotatable bonds is 2. The molecule has 166 valence electrons. The van der Waals surface area contributed by atoms with Crippen LogP contribution >= 0.6 is 0 Å². The van der Waals surface area contributed by atoms with E-state index in [-0.39, 0.29) is 17.6 Å². The zero-order valence-corrected chi connectivity index (χ0v) is 17.1. The number of ether oxygens (including phenoxy) is 1. The lowest BCUT2D eigenvalue weighted by Gasteiger charge is -2.46. The Morgan fingerprint density at radius 3 is 2.66 bits per heavy atom. The number of hydrogen-bond acceptors (Lipinski definition) is 3. The molecule has 2 N–H and O–H groups in total. The number of hydrogen-bond donors (Lipinski definition) is 2. The Balaban J connectivity index is 1.42. The van der Waals surface area contributed by atoms with Gasteiger partial charge in [0.25, 0.3) is 0 Å². The molecule has 2 aromatic rings. The van der Waals surface area contributed by atoms with Gasteiger partial charge in [-0.2, -0.15) is 13.2 Å². The van der Waals surface area contributed by atoms with Gasteiger partial charge in [0.15, 0.2) is 0 Å². The number of nitrogens with one attached hydrogen (secondary N) is 2. The Morgan fingerprint density at radius 2 is 1.94 bits per heavy atom. The summed E-state index contributed by atoms with van der Waals surface area (Å²) in [4.78, 5) is 24.4. The number of anilines is 2. The molecule has 0 unspecified atom stereocenters. The summed E-state index contributed by atoms with van der Waals surface area (Å²) in [6.07, 6.45) is 0.951. The average molecular weight is 442 g/mol. The molecule has 1 spiro atoms. The van der Waals surface area contributed by atoms with Crippen LogP contribution in [0.1, 0.15) is 48.8 Å². The van der Waals surface area contributed by atoms with Crippen molar-refractivity contribution in [3.8, 4) is 5.75 Å². The van der Waals surface area contributed by atoms with Crippen LogP contribution in [0.25, 0.3) is 5.57 Å². The van der Waals surface area contributed by atoms with E-state index >= 15 is 0 Å². The Bertz CT molecular complexity index is 1150. The summed E-state index contributed by atoms with van der Waals surface area (Å²) in [5, 5.41) is 5.59. The van der Waals surface area contributed by atoms with Crippen molar-refractivity contribution in [1.82, 2.24) is 0 Å². The van der Waals surface area contributed by atoms with Gasteiger partial charge in [-0.25, -0.2) is 0 Å². The van der Waals surface area contributed by atoms with Crippen molar-refractivity contribution in [2.75, 3.05) is 10.6 Å². The summed E-state index contributed by atoms with van der Waals surface area (Å²) in [5.74, 6) is -0.281. The number of amides is 2. The third-order valence-corrected chi connectivity index (χ3v) is 6.34. The van der Waals surface area contributed by atoms with Crippen LogP contribution in [-0.4, -0.2) is 17.4 Å². The number of alkyl halides is 3. The molecule has 2 aliphatic heterocycles. The lowest BCUT2D eigenvalue weighted by atomic mass is 9.72. The van der Waals surface area contributed by atoms with Gasteiger partial charge in [-0.1, -0.05) is 12.1 Å². The highest BCUT2D eigenvalue weighted by atomic mass is 19.4. The molecule has 0 saturated heterocycles. The normalized spacial score (nSPS) is 20.0. The van der Waals surface area contributed by atoms with Crippen LogP contribution in [0.5, 0.6) is 5.75 Å². The highest BCUT2D eigenvalue weighted by Gasteiger charge is 2.44. The van der Waals surface area contributed by atoms with Gasteiger partial charge >= 0.3 is 6.18 Å². The fourth-order valence-corrected chi connectivity index (χ4v) is 4.52. The summed E-state index contributed by atoms with van der Waals surface area (Å²) in [6, 6.07) is 8.75. The largest absolute Gasteiger partial charge is 0.486 e. The van der Waals surface area contributed by atoms with Crippen LogP contribution in [-0.2, 0) is 22.2 Å². The Kier molecular flexibility index (Phi) is 4.76. The van der Waals surface area contributed by atoms with Crippen LogP contribution in [0.4, 0.5) is 24.5 Å². The first-order valence-electron chi connectivity index (χ1n) is 10.6. The second-order valence-corrected chi connectivity index (χ2v) is 8.60. The molecule has 32 heavy (non-hydrogen) atoms. The highest BCUT2D eigenvalue weighted by Crippen LogP contribution is 2.50. The van der Waals surface area contributed by atoms with E-state index in [2.05, 4.69) is 10.6 Å². The van der Waals surface area contributed by atoms with E-state index in [1.165, 1.54) is 12.1 Å². The third-order valence-electron chi connectivity index (χ3n) is 6.34. The minimum atomic E-state index is -4.47. The Labute approximate surface area is 182 Å². The van der Waals surface area contributed by atoms with Crippen molar-refractivity contribution in [3.05, 3.63) is 59.2 Å². The molecule has 3 aliphatic rings. The van der Waals surface area contributed by atoms with E-state index in [4.69, 9.17) is 4.74 Å². The van der Waals surface area contributed by atoms with Gasteiger partial charge in [-0.15, -0.1) is 0 Å². The van der Waals surface area contributed by atoms with Crippen molar-refractivity contribution < 1.29 is 27.5 Å². The fourth-order valence-electron chi connectivity index (χ4n) is 4.52. The molecular formula is C24H21F3N2O3. The van der Waals surface area contributed by atoms with Crippen molar-refractivity contribution in [1.29, 1.82) is 0 Å². The number of carbonyl (C=O) groups excluding carboxylic acids is 2. The van der Waals surface area contributed by atoms with Gasteiger partial charge < -0.3 is 15.4 Å². The number of halogens is 3. The first-order chi connectivity index (χ1) is 15.2. The Morgan fingerprint density at radius 1 is 1.12 bits per heavy atom. The Hall–Kier alpha value is -3.29. The molecule has 0 radical (unpaired) electrons. The van der Waals surface area contributed by atoms with Crippen molar-refractivity contribution in [3.63, 3.8) is 0 Å². The highest BCUT2D eigenvalue weighted by molar-refractivity contribution is 6.05. The third kappa shape index (κ3) is 3.85. The number of carbonyl (C=O) groups is 2. The number of aryl methyl sites for hydroxylation is 1. The van der Waals surface area contributed by atoms with E-state index in [1.54, 1.807) is 12.1 Å². The van der Waals surface area contributed by atoms with E-state index in [1.807, 2.05) is 6.07 Å². The monoisotopic (exact) mass is 442 g/mol. The molecule has 0 atom stereocenters. The van der Waals surface area contributed by atoms with Crippen LogP contribution in [0.15, 0.2) is 42.5 Å². The standard InChI is InChI=1S/C24H21F3N2O3/c25-24(26,27)16-4-6-18-15(13-23(8-1-9-23)32-20(18)11-16)10-22(31)28-17-5-2-14-3-7-21(30)29-19(14)12-17/h2,4-6,10-12H,1,3,7-9,13H2,(H,28,31)(H,29,30). The van der Waals surface area contributed by atoms with Crippen LogP contribution < -0.4 is 15.4 Å². The van der Waals surface area contributed by atoms with Crippen molar-refractivity contribution >= 4 is 28.8 Å². The minimum absolute atomic E-state index is 0.0640. The molecule has 5 rings (SSSR count). The first-order valence-corrected chi connectivity index (χ1v) is 10.6. The molecule has 1 saturated carbocycles. The van der Waals surface area contributed by atoms with Gasteiger partial charge in [-0.05, 0) is 61.1 Å². The smallest absolute Gasteiger partial charge is 0.416 e. The predicted octanol–water partition coefficient (Wildman–Crippen LogP) is 5.32. The van der Waals surface area contributed by atoms with Gasteiger partial charge in [0.1, 0.15) is 11.4 Å². The van der Waals surface area contributed by atoms with Crippen molar-refractivity contribution in [2.45, 2.75) is 50.3 Å². The number of benzene rings is 2. The maximum absolute atomic E-state index is 13.2. The van der Waals surface area contributed by atoms with Crippen LogP contribution in [0.3, 0.4) is 0 Å². The maximum Gasteiger partial charge on any atom is 0.416 e. The molecule has 2 heterocycles. The summed E-state index contributed by atoms with van der Waals surface area (Å²) in [7, 11) is 0. The second kappa shape index (κ2) is 7.39. The molecule has 1 fully saturated rings. The fraction of sp³-hybridized carbons (Fsp3) is 0.333. The molecule has 0 bridgehead atoms. The molecule has 8 heteroatoms. The minimum Gasteiger partial charge on any atom is -0.486 e. The van der Waals surface area contributed by atoms with Crippen LogP contribution in [0.2, 0.25) is 0 Å². The maximum atomic E-state index is 13.2. The predicted molar refractivity (Wildman–Crippen MR) is 113 cm³/mol. The second-order valence-electron chi connectivity index (χ2n) is 8.60. The quantitative estimate of drug-likeness (QED) is 0.619. The first kappa shape index (κ1) is 20.6. The van der Waals surface area contributed by atoms with E-state index < -0.39 is 17.3 Å². The molecule has 0 aromatic heterocycles. The van der Waals surface area contributed by atoms with Gasteiger partial charge in [0, 0.05) is 35.9 Å². The van der Waals surface area contributed by atoms with E-state index in [0.29, 0.717) is 41.8 Å². The zero-order valence-electron chi connectivity index (χ0n) is 17.1. The molecule has 1 aliphatic carbocycles. The average Bonchev–Trinajstić information content (AvgIpc) is 2.71.